The first kappa shape index (κ1) is 15.4. The van der Waals surface area contributed by atoms with Crippen molar-refractivity contribution < 1.29 is 12.8 Å². The second kappa shape index (κ2) is 5.98. The summed E-state index contributed by atoms with van der Waals surface area (Å²) in [7, 11) is -3.74. The highest BCUT2D eigenvalue weighted by Crippen LogP contribution is 2.19. The maximum atomic E-state index is 13.1. The van der Waals surface area contributed by atoms with Crippen molar-refractivity contribution in [1.82, 2.24) is 4.31 Å². The smallest absolute Gasteiger partial charge is 0.301 e. The van der Waals surface area contributed by atoms with Gasteiger partial charge in [0.15, 0.2) is 0 Å². The number of nitrogens with zero attached hydrogens (tertiary/aromatic N) is 1. The van der Waals surface area contributed by atoms with Gasteiger partial charge in [-0.3, -0.25) is 10.1 Å². The maximum absolute atomic E-state index is 13.1. The number of nitrogens with one attached hydrogen (secondary N) is 2. The van der Waals surface area contributed by atoms with Gasteiger partial charge in [-0.05, 0) is 18.2 Å². The minimum Gasteiger partial charge on any atom is -0.384 e. The number of halogens is 1. The molecule has 0 bridgehead atoms. The zero-order valence-electron chi connectivity index (χ0n) is 10.8. The summed E-state index contributed by atoms with van der Waals surface area (Å²) in [5.41, 5.74) is 5.41. The van der Waals surface area contributed by atoms with Crippen LogP contribution < -0.4 is 10.5 Å². The molecule has 0 radical (unpaired) electrons. The van der Waals surface area contributed by atoms with E-state index in [4.69, 9.17) is 11.1 Å². The van der Waals surface area contributed by atoms with E-state index in [2.05, 4.69) is 4.72 Å². The number of benzene rings is 1. The average Bonchev–Trinajstić information content (AvgIpc) is 2.32. The van der Waals surface area contributed by atoms with Gasteiger partial charge in [-0.25, -0.2) is 4.39 Å². The highest BCUT2D eigenvalue weighted by Gasteiger charge is 2.20. The summed E-state index contributed by atoms with van der Waals surface area (Å²) in [4.78, 5) is 0. The molecule has 0 amide bonds. The third kappa shape index (κ3) is 3.65. The van der Waals surface area contributed by atoms with Gasteiger partial charge in [-0.15, -0.1) is 0 Å². The SMILES string of the molecule is CCN(CC)S(=O)(=O)Nc1ccc(F)cc1C(=N)N. The van der Waals surface area contributed by atoms with Crippen LogP contribution in [-0.4, -0.2) is 31.6 Å². The van der Waals surface area contributed by atoms with Crippen LogP contribution in [0.5, 0.6) is 0 Å². The van der Waals surface area contributed by atoms with Crippen molar-refractivity contribution in [3.63, 3.8) is 0 Å². The van der Waals surface area contributed by atoms with E-state index < -0.39 is 21.9 Å². The standard InChI is InChI=1S/C11H17FN4O2S/c1-3-16(4-2)19(17,18)15-10-6-5-8(12)7-9(10)11(13)14/h5-7,15H,3-4H2,1-2H3,(H3,13,14). The molecule has 0 heterocycles. The normalized spacial score (nSPS) is 11.6. The third-order valence-corrected chi connectivity index (χ3v) is 4.23. The van der Waals surface area contributed by atoms with Crippen LogP contribution in [0.2, 0.25) is 0 Å². The Kier molecular flexibility index (Phi) is 4.84. The molecule has 1 rings (SSSR count). The number of hydrogen-bond donors (Lipinski definition) is 3. The lowest BCUT2D eigenvalue weighted by molar-refractivity contribution is 0.449. The Labute approximate surface area is 112 Å². The summed E-state index contributed by atoms with van der Waals surface area (Å²) in [6.07, 6.45) is 0. The molecule has 0 aliphatic rings. The fourth-order valence-corrected chi connectivity index (χ4v) is 2.86. The molecule has 106 valence electrons. The van der Waals surface area contributed by atoms with Gasteiger partial charge >= 0.3 is 10.2 Å². The van der Waals surface area contributed by atoms with E-state index in [9.17, 15) is 12.8 Å². The summed E-state index contributed by atoms with van der Waals surface area (Å²) >= 11 is 0. The van der Waals surface area contributed by atoms with Crippen LogP contribution in [0, 0.1) is 11.2 Å². The van der Waals surface area contributed by atoms with Gasteiger partial charge in [-0.1, -0.05) is 13.8 Å². The number of amidine groups is 1. The van der Waals surface area contributed by atoms with E-state index in [0.29, 0.717) is 13.1 Å². The molecule has 0 aliphatic heterocycles. The summed E-state index contributed by atoms with van der Waals surface area (Å²) in [6.45, 7) is 4.03. The molecule has 4 N–H and O–H groups in total. The Balaban J connectivity index is 3.16. The van der Waals surface area contributed by atoms with Crippen LogP contribution in [-0.2, 0) is 10.2 Å². The van der Waals surface area contributed by atoms with Crippen molar-refractivity contribution in [2.24, 2.45) is 5.73 Å². The minimum atomic E-state index is -3.74. The molecule has 6 nitrogen and oxygen atoms in total. The zero-order chi connectivity index (χ0) is 14.6. The number of rotatable bonds is 6. The topological polar surface area (TPSA) is 99.3 Å². The predicted molar refractivity (Wildman–Crippen MR) is 72.9 cm³/mol. The highest BCUT2D eigenvalue weighted by molar-refractivity contribution is 7.90. The quantitative estimate of drug-likeness (QED) is 0.540. The molecule has 0 aromatic heterocycles. The van der Waals surface area contributed by atoms with Gasteiger partial charge in [0.2, 0.25) is 0 Å². The average molecular weight is 288 g/mol. The Morgan fingerprint density at radius 1 is 1.42 bits per heavy atom. The lowest BCUT2D eigenvalue weighted by atomic mass is 10.1. The van der Waals surface area contributed by atoms with Crippen LogP contribution in [0.1, 0.15) is 19.4 Å². The van der Waals surface area contributed by atoms with Crippen LogP contribution >= 0.6 is 0 Å². The Morgan fingerprint density at radius 2 is 2.00 bits per heavy atom. The van der Waals surface area contributed by atoms with Crippen molar-refractivity contribution in [2.45, 2.75) is 13.8 Å². The molecule has 0 saturated heterocycles. The van der Waals surface area contributed by atoms with Crippen LogP contribution in [0.25, 0.3) is 0 Å². The summed E-state index contributed by atoms with van der Waals surface area (Å²) in [5, 5.41) is 7.34. The maximum Gasteiger partial charge on any atom is 0.301 e. The second-order valence-corrected chi connectivity index (χ2v) is 5.47. The minimum absolute atomic E-state index is 0.00994. The molecule has 1 aromatic carbocycles. The van der Waals surface area contributed by atoms with E-state index >= 15 is 0 Å². The molecule has 0 atom stereocenters. The van der Waals surface area contributed by atoms with Gasteiger partial charge in [0.25, 0.3) is 0 Å². The lowest BCUT2D eigenvalue weighted by Gasteiger charge is -2.20. The Morgan fingerprint density at radius 3 is 2.47 bits per heavy atom. The Hall–Kier alpha value is -1.67. The van der Waals surface area contributed by atoms with Gasteiger partial charge in [-0.2, -0.15) is 12.7 Å². The molecule has 1 aromatic rings. The van der Waals surface area contributed by atoms with Crippen LogP contribution in [0.15, 0.2) is 18.2 Å². The summed E-state index contributed by atoms with van der Waals surface area (Å²) in [6, 6.07) is 3.36. The number of anilines is 1. The number of nitrogens with two attached hydrogens (primary N) is 1. The van der Waals surface area contributed by atoms with Gasteiger partial charge in [0.05, 0.1) is 5.69 Å². The van der Waals surface area contributed by atoms with E-state index in [1.165, 1.54) is 10.4 Å². The molecule has 19 heavy (non-hydrogen) atoms. The predicted octanol–water partition coefficient (Wildman–Crippen LogP) is 1.11. The van der Waals surface area contributed by atoms with Crippen LogP contribution in [0.3, 0.4) is 0 Å². The molecule has 0 spiro atoms. The number of nitrogen functional groups attached to an aromatic ring is 1. The van der Waals surface area contributed by atoms with Crippen molar-refractivity contribution in [2.75, 3.05) is 17.8 Å². The van der Waals surface area contributed by atoms with E-state index in [1.54, 1.807) is 13.8 Å². The Bertz CT molecular complexity index is 570. The monoisotopic (exact) mass is 288 g/mol. The first-order valence-corrected chi connectivity index (χ1v) is 7.17. The second-order valence-electron chi connectivity index (χ2n) is 3.79. The fourth-order valence-electron chi connectivity index (χ4n) is 1.60. The third-order valence-electron chi connectivity index (χ3n) is 2.56. The van der Waals surface area contributed by atoms with Crippen molar-refractivity contribution >= 4 is 21.7 Å². The molecule has 8 heteroatoms. The zero-order valence-corrected chi connectivity index (χ0v) is 11.6. The molecule has 0 fully saturated rings. The van der Waals surface area contributed by atoms with Gasteiger partial charge < -0.3 is 5.73 Å². The summed E-state index contributed by atoms with van der Waals surface area (Å²) in [5.74, 6) is -0.993. The van der Waals surface area contributed by atoms with Gasteiger partial charge in [0, 0.05) is 18.7 Å². The first-order valence-electron chi connectivity index (χ1n) is 5.73. The fraction of sp³-hybridized carbons (Fsp3) is 0.364. The van der Waals surface area contributed by atoms with Crippen molar-refractivity contribution in [3.05, 3.63) is 29.6 Å². The molecular formula is C11H17FN4O2S. The molecular weight excluding hydrogens is 271 g/mol. The highest BCUT2D eigenvalue weighted by atomic mass is 32.2. The molecule has 0 saturated carbocycles. The van der Waals surface area contributed by atoms with E-state index in [-0.39, 0.29) is 11.3 Å². The largest absolute Gasteiger partial charge is 0.384 e. The van der Waals surface area contributed by atoms with Gasteiger partial charge in [0.1, 0.15) is 11.7 Å². The van der Waals surface area contributed by atoms with Crippen molar-refractivity contribution in [3.8, 4) is 0 Å². The van der Waals surface area contributed by atoms with Crippen LogP contribution in [0.4, 0.5) is 10.1 Å². The number of hydrogen-bond acceptors (Lipinski definition) is 3. The van der Waals surface area contributed by atoms with E-state index in [0.717, 1.165) is 12.1 Å². The molecule has 0 unspecified atom stereocenters. The first-order chi connectivity index (χ1) is 8.81. The van der Waals surface area contributed by atoms with E-state index in [1.807, 2.05) is 0 Å². The molecule has 0 aliphatic carbocycles. The summed E-state index contributed by atoms with van der Waals surface area (Å²) < 4.78 is 40.7. The lowest BCUT2D eigenvalue weighted by Crippen LogP contribution is -2.36. The van der Waals surface area contributed by atoms with Crippen molar-refractivity contribution in [1.29, 1.82) is 5.41 Å².